The van der Waals surface area contributed by atoms with Crippen molar-refractivity contribution in [2.75, 3.05) is 21.3 Å². The van der Waals surface area contributed by atoms with Crippen LogP contribution in [0.15, 0.2) is 24.5 Å². The predicted molar refractivity (Wildman–Crippen MR) is 66.2 cm³/mol. The number of methoxy groups -OCH3 is 3. The molecule has 0 bridgehead atoms. The number of esters is 1. The van der Waals surface area contributed by atoms with Gasteiger partial charge in [0, 0.05) is 17.0 Å². The summed E-state index contributed by atoms with van der Waals surface area (Å²) in [5.74, 6) is 0.713. The average Bonchev–Trinajstić information content (AvgIpc) is 2.44. The van der Waals surface area contributed by atoms with Gasteiger partial charge in [0.2, 0.25) is 0 Å². The largest absolute Gasteiger partial charge is 0.496 e. The summed E-state index contributed by atoms with van der Waals surface area (Å²) in [6.07, 6.45) is 3.25. The average molecular weight is 247 g/mol. The van der Waals surface area contributed by atoms with Gasteiger partial charge in [-0.3, -0.25) is 4.98 Å². The van der Waals surface area contributed by atoms with Gasteiger partial charge >= 0.3 is 5.97 Å². The first-order valence-corrected chi connectivity index (χ1v) is 5.29. The second-order valence-corrected chi connectivity index (χ2v) is 3.61. The van der Waals surface area contributed by atoms with Crippen LogP contribution in [0.2, 0.25) is 0 Å². The molecule has 0 spiro atoms. The molecule has 0 fully saturated rings. The molecule has 0 amide bonds. The topological polar surface area (TPSA) is 57.7 Å². The van der Waals surface area contributed by atoms with Gasteiger partial charge in [0.05, 0.1) is 33.1 Å². The van der Waals surface area contributed by atoms with E-state index in [-0.39, 0.29) is 0 Å². The molecule has 0 radical (unpaired) electrons. The van der Waals surface area contributed by atoms with Crippen molar-refractivity contribution in [1.82, 2.24) is 4.98 Å². The van der Waals surface area contributed by atoms with Gasteiger partial charge in [-0.1, -0.05) is 0 Å². The molecule has 2 rings (SSSR count). The minimum atomic E-state index is -0.422. The number of carbonyl (C=O) groups excluding carboxylic acids is 1. The summed E-state index contributed by atoms with van der Waals surface area (Å²) in [5, 5.41) is 1.54. The van der Waals surface area contributed by atoms with E-state index in [9.17, 15) is 4.79 Å². The Morgan fingerprint density at radius 3 is 2.33 bits per heavy atom. The highest BCUT2D eigenvalue weighted by Crippen LogP contribution is 2.32. The Balaban J connectivity index is 2.76. The van der Waals surface area contributed by atoms with E-state index in [2.05, 4.69) is 4.98 Å². The Labute approximate surface area is 104 Å². The highest BCUT2D eigenvalue weighted by molar-refractivity contribution is 6.00. The third kappa shape index (κ3) is 1.95. The summed E-state index contributed by atoms with van der Waals surface area (Å²) < 4.78 is 15.2. The molecule has 0 aliphatic heterocycles. The molecule has 5 nitrogen and oxygen atoms in total. The molecule has 0 atom stereocenters. The van der Waals surface area contributed by atoms with E-state index in [1.54, 1.807) is 31.6 Å². The Bertz CT molecular complexity index is 595. The van der Waals surface area contributed by atoms with Crippen LogP contribution in [0.5, 0.6) is 11.5 Å². The fourth-order valence-electron chi connectivity index (χ4n) is 1.78. The van der Waals surface area contributed by atoms with Crippen LogP contribution in [-0.4, -0.2) is 32.3 Å². The van der Waals surface area contributed by atoms with Crippen molar-refractivity contribution in [2.45, 2.75) is 0 Å². The predicted octanol–water partition coefficient (Wildman–Crippen LogP) is 2.04. The summed E-state index contributed by atoms with van der Waals surface area (Å²) >= 11 is 0. The molecule has 0 aliphatic rings. The maximum Gasteiger partial charge on any atom is 0.338 e. The first-order valence-electron chi connectivity index (χ1n) is 5.29. The van der Waals surface area contributed by atoms with E-state index in [0.717, 1.165) is 10.8 Å². The first-order chi connectivity index (χ1) is 8.71. The molecular weight excluding hydrogens is 234 g/mol. The fraction of sp³-hybridized carbons (Fsp3) is 0.231. The van der Waals surface area contributed by atoms with Crippen molar-refractivity contribution < 1.29 is 19.0 Å². The van der Waals surface area contributed by atoms with Crippen LogP contribution in [0.4, 0.5) is 0 Å². The molecule has 94 valence electrons. The zero-order valence-corrected chi connectivity index (χ0v) is 10.4. The number of pyridine rings is 1. The standard InChI is InChI=1S/C13H13NO4/c1-16-11-5-8(13(15)18-3)4-9-10(11)6-14-7-12(9)17-2/h4-7H,1-3H3. The molecule has 0 aliphatic carbocycles. The van der Waals surface area contributed by atoms with Crippen molar-refractivity contribution in [3.8, 4) is 11.5 Å². The van der Waals surface area contributed by atoms with Gasteiger partial charge in [-0.2, -0.15) is 0 Å². The molecule has 0 saturated carbocycles. The molecule has 5 heteroatoms. The molecule has 0 unspecified atom stereocenters. The second kappa shape index (κ2) is 4.91. The fourth-order valence-corrected chi connectivity index (χ4v) is 1.78. The maximum absolute atomic E-state index is 11.6. The minimum absolute atomic E-state index is 0.409. The highest BCUT2D eigenvalue weighted by atomic mass is 16.5. The molecular formula is C13H13NO4. The minimum Gasteiger partial charge on any atom is -0.496 e. The van der Waals surface area contributed by atoms with E-state index in [1.807, 2.05) is 0 Å². The summed E-state index contributed by atoms with van der Waals surface area (Å²) in [7, 11) is 4.42. The van der Waals surface area contributed by atoms with Crippen LogP contribution in [0.1, 0.15) is 10.4 Å². The molecule has 1 heterocycles. The second-order valence-electron chi connectivity index (χ2n) is 3.61. The quantitative estimate of drug-likeness (QED) is 0.777. The number of hydrogen-bond acceptors (Lipinski definition) is 5. The molecule has 1 aromatic carbocycles. The third-order valence-corrected chi connectivity index (χ3v) is 2.66. The lowest BCUT2D eigenvalue weighted by Crippen LogP contribution is -2.02. The number of ether oxygens (including phenoxy) is 3. The van der Waals surface area contributed by atoms with Gasteiger partial charge in [0.1, 0.15) is 11.5 Å². The van der Waals surface area contributed by atoms with Crippen LogP contribution in [0, 0.1) is 0 Å². The summed E-state index contributed by atoms with van der Waals surface area (Å²) in [4.78, 5) is 15.7. The normalized spacial score (nSPS) is 10.2. The molecule has 0 N–H and O–H groups in total. The third-order valence-electron chi connectivity index (χ3n) is 2.66. The highest BCUT2D eigenvalue weighted by Gasteiger charge is 2.13. The van der Waals surface area contributed by atoms with Gasteiger partial charge < -0.3 is 14.2 Å². The van der Waals surface area contributed by atoms with Crippen LogP contribution in [0.25, 0.3) is 10.8 Å². The van der Waals surface area contributed by atoms with Gasteiger partial charge in [-0.15, -0.1) is 0 Å². The Kier molecular flexibility index (Phi) is 3.32. The number of aromatic nitrogens is 1. The lowest BCUT2D eigenvalue weighted by molar-refractivity contribution is 0.0600. The van der Waals surface area contributed by atoms with Crippen LogP contribution < -0.4 is 9.47 Å². The number of rotatable bonds is 3. The van der Waals surface area contributed by atoms with Gasteiger partial charge in [0.25, 0.3) is 0 Å². The number of benzene rings is 1. The Morgan fingerprint density at radius 1 is 1.00 bits per heavy atom. The smallest absolute Gasteiger partial charge is 0.338 e. The van der Waals surface area contributed by atoms with Crippen LogP contribution in [0.3, 0.4) is 0 Å². The Hall–Kier alpha value is -2.30. The van der Waals surface area contributed by atoms with E-state index in [4.69, 9.17) is 14.2 Å². The van der Waals surface area contributed by atoms with Gasteiger partial charge in [-0.05, 0) is 12.1 Å². The first kappa shape index (κ1) is 12.2. The molecule has 0 saturated heterocycles. The maximum atomic E-state index is 11.6. The monoisotopic (exact) mass is 247 g/mol. The number of carbonyl (C=O) groups is 1. The zero-order valence-electron chi connectivity index (χ0n) is 10.4. The van der Waals surface area contributed by atoms with Crippen molar-refractivity contribution in [2.24, 2.45) is 0 Å². The summed E-state index contributed by atoms with van der Waals surface area (Å²) in [6, 6.07) is 3.32. The lowest BCUT2D eigenvalue weighted by atomic mass is 10.1. The zero-order chi connectivity index (χ0) is 13.1. The number of fused-ring (bicyclic) bond motifs is 1. The summed E-state index contributed by atoms with van der Waals surface area (Å²) in [6.45, 7) is 0. The SMILES string of the molecule is COC(=O)c1cc(OC)c2cncc(OC)c2c1. The van der Waals surface area contributed by atoms with Crippen LogP contribution in [-0.2, 0) is 4.74 Å². The van der Waals surface area contributed by atoms with E-state index in [1.165, 1.54) is 14.2 Å². The molecule has 2 aromatic rings. The Morgan fingerprint density at radius 2 is 1.72 bits per heavy atom. The number of nitrogens with zero attached hydrogens (tertiary/aromatic N) is 1. The van der Waals surface area contributed by atoms with Crippen molar-refractivity contribution in [3.05, 3.63) is 30.1 Å². The van der Waals surface area contributed by atoms with E-state index < -0.39 is 5.97 Å². The van der Waals surface area contributed by atoms with Crippen molar-refractivity contribution in [1.29, 1.82) is 0 Å². The summed E-state index contributed by atoms with van der Waals surface area (Å²) in [5.41, 5.74) is 0.409. The van der Waals surface area contributed by atoms with Crippen LogP contribution >= 0.6 is 0 Å². The van der Waals surface area contributed by atoms with Gasteiger partial charge in [0.15, 0.2) is 0 Å². The van der Waals surface area contributed by atoms with E-state index >= 15 is 0 Å². The van der Waals surface area contributed by atoms with E-state index in [0.29, 0.717) is 17.1 Å². The lowest BCUT2D eigenvalue weighted by Gasteiger charge is -2.10. The van der Waals surface area contributed by atoms with Crippen molar-refractivity contribution >= 4 is 16.7 Å². The van der Waals surface area contributed by atoms with Gasteiger partial charge in [-0.25, -0.2) is 4.79 Å². The molecule has 18 heavy (non-hydrogen) atoms. The number of hydrogen-bond donors (Lipinski definition) is 0. The molecule has 1 aromatic heterocycles. The van der Waals surface area contributed by atoms with Crippen molar-refractivity contribution in [3.63, 3.8) is 0 Å².